The van der Waals surface area contributed by atoms with Gasteiger partial charge in [-0.05, 0) is 18.2 Å². The lowest BCUT2D eigenvalue weighted by molar-refractivity contribution is 0.895. The molecule has 0 amide bonds. The number of nitrogens with two attached hydrogens (primary N) is 1. The molecule has 0 unspecified atom stereocenters. The van der Waals surface area contributed by atoms with Crippen molar-refractivity contribution in [1.82, 2.24) is 19.7 Å². The van der Waals surface area contributed by atoms with Crippen molar-refractivity contribution in [2.75, 3.05) is 5.43 Å². The first kappa shape index (κ1) is 12.2. The Morgan fingerprint density at radius 2 is 2.00 bits per heavy atom. The van der Waals surface area contributed by atoms with Crippen LogP contribution in [-0.2, 0) is 0 Å². The molecule has 96 valence electrons. The summed E-state index contributed by atoms with van der Waals surface area (Å²) >= 11 is 11.9. The molecular weight excluding hydrogens is 287 g/mol. The molecule has 8 heteroatoms. The van der Waals surface area contributed by atoms with Crippen LogP contribution >= 0.6 is 23.2 Å². The summed E-state index contributed by atoms with van der Waals surface area (Å²) in [6.07, 6.45) is 3.04. The van der Waals surface area contributed by atoms with E-state index in [9.17, 15) is 0 Å². The van der Waals surface area contributed by atoms with Gasteiger partial charge in [-0.25, -0.2) is 20.5 Å². The van der Waals surface area contributed by atoms with Crippen LogP contribution in [0.15, 0.2) is 30.7 Å². The minimum atomic E-state index is 0.453. The fraction of sp³-hybridized carbons (Fsp3) is 0. The van der Waals surface area contributed by atoms with E-state index < -0.39 is 0 Å². The molecule has 0 radical (unpaired) electrons. The number of fused-ring (bicyclic) bond motifs is 1. The summed E-state index contributed by atoms with van der Waals surface area (Å²) in [5.74, 6) is 5.90. The van der Waals surface area contributed by atoms with Gasteiger partial charge in [0.15, 0.2) is 11.5 Å². The minimum Gasteiger partial charge on any atom is -0.308 e. The number of anilines is 1. The molecule has 0 aliphatic heterocycles. The maximum absolute atomic E-state index is 6.00. The molecule has 3 aromatic rings. The number of hydrogen-bond acceptors (Lipinski definition) is 5. The van der Waals surface area contributed by atoms with Crippen LogP contribution in [0.25, 0.3) is 16.7 Å². The van der Waals surface area contributed by atoms with Gasteiger partial charge in [-0.3, -0.25) is 0 Å². The second kappa shape index (κ2) is 4.65. The summed E-state index contributed by atoms with van der Waals surface area (Å²) in [5.41, 5.74) is 3.89. The van der Waals surface area contributed by atoms with E-state index in [2.05, 4.69) is 20.5 Å². The van der Waals surface area contributed by atoms with Crippen LogP contribution in [0.3, 0.4) is 0 Å². The van der Waals surface area contributed by atoms with E-state index in [-0.39, 0.29) is 0 Å². The maximum atomic E-state index is 6.00. The Kier molecular flexibility index (Phi) is 2.98. The zero-order valence-corrected chi connectivity index (χ0v) is 11.0. The number of nitrogens with one attached hydrogen (secondary N) is 1. The van der Waals surface area contributed by atoms with Crippen molar-refractivity contribution in [3.05, 3.63) is 40.8 Å². The molecule has 0 saturated heterocycles. The predicted molar refractivity (Wildman–Crippen MR) is 74.5 cm³/mol. The highest BCUT2D eigenvalue weighted by atomic mass is 35.5. The maximum Gasteiger partial charge on any atom is 0.168 e. The largest absolute Gasteiger partial charge is 0.308 e. The van der Waals surface area contributed by atoms with E-state index in [1.807, 2.05) is 0 Å². The molecule has 0 aliphatic carbocycles. The second-order valence-electron chi connectivity index (χ2n) is 3.76. The van der Waals surface area contributed by atoms with Gasteiger partial charge in [0.05, 0.1) is 27.3 Å². The first-order chi connectivity index (χ1) is 9.20. The van der Waals surface area contributed by atoms with Gasteiger partial charge in [0.25, 0.3) is 0 Å². The van der Waals surface area contributed by atoms with Gasteiger partial charge < -0.3 is 5.43 Å². The zero-order valence-electron chi connectivity index (χ0n) is 9.51. The molecule has 0 bridgehead atoms. The molecule has 2 heterocycles. The molecule has 0 saturated carbocycles. The van der Waals surface area contributed by atoms with Gasteiger partial charge in [-0.1, -0.05) is 23.2 Å². The number of nitrogen functional groups attached to an aromatic ring is 1. The Balaban J connectivity index is 2.23. The molecule has 0 spiro atoms. The highest BCUT2D eigenvalue weighted by Crippen LogP contribution is 2.26. The highest BCUT2D eigenvalue weighted by molar-refractivity contribution is 6.42. The van der Waals surface area contributed by atoms with E-state index in [0.29, 0.717) is 21.5 Å². The van der Waals surface area contributed by atoms with Crippen LogP contribution in [0, 0.1) is 0 Å². The second-order valence-corrected chi connectivity index (χ2v) is 4.57. The molecule has 3 rings (SSSR count). The van der Waals surface area contributed by atoms with Gasteiger partial charge in [0, 0.05) is 0 Å². The fourth-order valence-corrected chi connectivity index (χ4v) is 2.06. The van der Waals surface area contributed by atoms with Crippen molar-refractivity contribution >= 4 is 40.1 Å². The lowest BCUT2D eigenvalue weighted by Crippen LogP contribution is -2.09. The smallest absolute Gasteiger partial charge is 0.168 e. The first-order valence-corrected chi connectivity index (χ1v) is 6.07. The fourth-order valence-electron chi connectivity index (χ4n) is 1.76. The third kappa shape index (κ3) is 1.99. The van der Waals surface area contributed by atoms with Crippen LogP contribution in [0.2, 0.25) is 10.0 Å². The Hall–Kier alpha value is -1.89. The van der Waals surface area contributed by atoms with E-state index in [1.165, 1.54) is 6.33 Å². The van der Waals surface area contributed by atoms with Crippen molar-refractivity contribution in [1.29, 1.82) is 0 Å². The van der Waals surface area contributed by atoms with Gasteiger partial charge >= 0.3 is 0 Å². The molecule has 2 aromatic heterocycles. The Morgan fingerprint density at radius 1 is 1.16 bits per heavy atom. The Bertz CT molecular complexity index is 754. The number of nitrogens with zero attached hydrogens (tertiary/aromatic N) is 4. The topological polar surface area (TPSA) is 81.7 Å². The van der Waals surface area contributed by atoms with Gasteiger partial charge in [-0.15, -0.1) is 0 Å². The molecule has 6 nitrogen and oxygen atoms in total. The molecule has 19 heavy (non-hydrogen) atoms. The lowest BCUT2D eigenvalue weighted by atomic mass is 10.3. The number of hydrazine groups is 1. The zero-order chi connectivity index (χ0) is 13.4. The van der Waals surface area contributed by atoms with Gasteiger partial charge in [0.1, 0.15) is 6.33 Å². The standard InChI is InChI=1S/C11H8Cl2N6/c12-8-2-1-6(3-9(8)13)19-11-7(4-17-19)10(18-14)15-5-16-11/h1-5H,14H2,(H,15,16,18). The highest BCUT2D eigenvalue weighted by Gasteiger charge is 2.11. The van der Waals surface area contributed by atoms with Gasteiger partial charge in [0.2, 0.25) is 0 Å². The van der Waals surface area contributed by atoms with Crippen LogP contribution < -0.4 is 11.3 Å². The molecule has 0 aliphatic rings. The van der Waals surface area contributed by atoms with Crippen molar-refractivity contribution in [2.24, 2.45) is 5.84 Å². The summed E-state index contributed by atoms with van der Waals surface area (Å²) in [6.45, 7) is 0. The van der Waals surface area contributed by atoms with Crippen LogP contribution in [0.5, 0.6) is 0 Å². The van der Waals surface area contributed by atoms with E-state index >= 15 is 0 Å². The van der Waals surface area contributed by atoms with Crippen LogP contribution in [0.1, 0.15) is 0 Å². The number of benzene rings is 1. The molecular formula is C11H8Cl2N6. The summed E-state index contributed by atoms with van der Waals surface area (Å²) in [4.78, 5) is 8.21. The Morgan fingerprint density at radius 3 is 2.74 bits per heavy atom. The van der Waals surface area contributed by atoms with Crippen molar-refractivity contribution in [3.8, 4) is 5.69 Å². The molecule has 1 aromatic carbocycles. The third-order valence-electron chi connectivity index (χ3n) is 2.65. The summed E-state index contributed by atoms with van der Waals surface area (Å²) in [5, 5.41) is 5.92. The van der Waals surface area contributed by atoms with E-state index in [4.69, 9.17) is 29.0 Å². The summed E-state index contributed by atoms with van der Waals surface area (Å²) < 4.78 is 1.64. The first-order valence-electron chi connectivity index (χ1n) is 5.31. The minimum absolute atomic E-state index is 0.453. The molecule has 3 N–H and O–H groups in total. The van der Waals surface area contributed by atoms with E-state index in [0.717, 1.165) is 11.1 Å². The number of halogens is 2. The normalized spacial score (nSPS) is 10.9. The van der Waals surface area contributed by atoms with E-state index in [1.54, 1.807) is 29.1 Å². The predicted octanol–water partition coefficient (Wildman–Crippen LogP) is 2.41. The van der Waals surface area contributed by atoms with Crippen molar-refractivity contribution in [3.63, 3.8) is 0 Å². The molecule has 0 atom stereocenters. The van der Waals surface area contributed by atoms with Crippen molar-refractivity contribution in [2.45, 2.75) is 0 Å². The monoisotopic (exact) mass is 294 g/mol. The van der Waals surface area contributed by atoms with Crippen molar-refractivity contribution < 1.29 is 0 Å². The molecule has 0 fully saturated rings. The van der Waals surface area contributed by atoms with Crippen LogP contribution in [0.4, 0.5) is 5.82 Å². The average Bonchev–Trinajstić information content (AvgIpc) is 2.85. The number of hydrogen-bond donors (Lipinski definition) is 2. The summed E-state index contributed by atoms with van der Waals surface area (Å²) in [6, 6.07) is 5.22. The van der Waals surface area contributed by atoms with Gasteiger partial charge in [-0.2, -0.15) is 5.10 Å². The van der Waals surface area contributed by atoms with Crippen LogP contribution in [-0.4, -0.2) is 19.7 Å². The Labute approximate surface area is 118 Å². The summed E-state index contributed by atoms with van der Waals surface area (Å²) in [7, 11) is 0. The quantitative estimate of drug-likeness (QED) is 0.560. The number of rotatable bonds is 2. The third-order valence-corrected chi connectivity index (χ3v) is 3.39. The number of aromatic nitrogens is 4. The SMILES string of the molecule is NNc1ncnc2c1cnn2-c1ccc(Cl)c(Cl)c1. The average molecular weight is 295 g/mol. The lowest BCUT2D eigenvalue weighted by Gasteiger charge is -2.05.